The summed E-state index contributed by atoms with van der Waals surface area (Å²) in [6, 6.07) is 68.3. The molecule has 0 saturated heterocycles. The van der Waals surface area contributed by atoms with Crippen molar-refractivity contribution >= 4 is 33.2 Å². The number of nitrogens with zero attached hydrogens (tertiary/aromatic N) is 1. The number of benzene rings is 8. The summed E-state index contributed by atoms with van der Waals surface area (Å²) in [5.41, 5.74) is 18.3. The topological polar surface area (TPSA) is 17.0 Å². The number of hydrogen-bond donors (Lipinski definition) is 1. The van der Waals surface area contributed by atoms with Crippen LogP contribution < -0.4 is 5.32 Å². The van der Waals surface area contributed by atoms with Crippen molar-refractivity contribution in [3.8, 4) is 50.2 Å². The lowest BCUT2D eigenvalue weighted by Gasteiger charge is -2.21. The van der Waals surface area contributed by atoms with Gasteiger partial charge in [-0.2, -0.15) is 0 Å². The Balaban J connectivity index is 1.11. The molecule has 9 aromatic rings. The first kappa shape index (κ1) is 31.1. The molecule has 2 heteroatoms. The second-order valence-corrected chi connectivity index (χ2v) is 14.7. The van der Waals surface area contributed by atoms with Crippen molar-refractivity contribution in [2.24, 2.45) is 0 Å². The Bertz CT molecular complexity index is 2790. The Hall–Kier alpha value is -6.64. The van der Waals surface area contributed by atoms with Crippen molar-refractivity contribution in [2.75, 3.05) is 5.32 Å². The van der Waals surface area contributed by atoms with Gasteiger partial charge < -0.3 is 9.88 Å². The second kappa shape index (κ2) is 12.3. The highest BCUT2D eigenvalue weighted by molar-refractivity contribution is 6.12. The Morgan fingerprint density at radius 3 is 1.74 bits per heavy atom. The van der Waals surface area contributed by atoms with Crippen molar-refractivity contribution < 1.29 is 0 Å². The molecule has 0 atom stereocenters. The first-order valence-electron chi connectivity index (χ1n) is 18.4. The third-order valence-corrected chi connectivity index (χ3v) is 11.2. The number of para-hydroxylation sites is 1. The highest BCUT2D eigenvalue weighted by Gasteiger charge is 2.36. The van der Waals surface area contributed by atoms with Crippen LogP contribution in [0, 0.1) is 0 Å². The van der Waals surface area contributed by atoms with Gasteiger partial charge in [-0.05, 0) is 111 Å². The van der Waals surface area contributed by atoms with Crippen LogP contribution in [-0.2, 0) is 5.41 Å². The van der Waals surface area contributed by atoms with Gasteiger partial charge in [0.2, 0.25) is 0 Å². The summed E-state index contributed by atoms with van der Waals surface area (Å²) in [5, 5.41) is 6.27. The van der Waals surface area contributed by atoms with E-state index in [1.165, 1.54) is 83.1 Å². The molecule has 252 valence electrons. The van der Waals surface area contributed by atoms with Gasteiger partial charge in [-0.25, -0.2) is 0 Å². The van der Waals surface area contributed by atoms with E-state index in [2.05, 4.69) is 212 Å². The van der Waals surface area contributed by atoms with Crippen LogP contribution in [0.15, 0.2) is 188 Å². The number of nitrogens with one attached hydrogen (secondary N) is 1. The molecule has 53 heavy (non-hydrogen) atoms. The zero-order chi connectivity index (χ0) is 35.5. The van der Waals surface area contributed by atoms with Gasteiger partial charge in [0.05, 0.1) is 11.0 Å². The fraction of sp³-hybridized carbons (Fsp3) is 0.0588. The van der Waals surface area contributed by atoms with Gasteiger partial charge in [0.1, 0.15) is 0 Å². The molecule has 0 aliphatic heterocycles. The van der Waals surface area contributed by atoms with E-state index in [1.54, 1.807) is 0 Å². The Morgan fingerprint density at radius 1 is 0.396 bits per heavy atom. The predicted octanol–water partition coefficient (Wildman–Crippen LogP) is 13.8. The zero-order valence-electron chi connectivity index (χ0n) is 29.8. The summed E-state index contributed by atoms with van der Waals surface area (Å²) >= 11 is 0. The molecule has 0 saturated carbocycles. The van der Waals surface area contributed by atoms with E-state index in [-0.39, 0.29) is 5.41 Å². The Labute approximate surface area is 310 Å². The van der Waals surface area contributed by atoms with Crippen molar-refractivity contribution in [2.45, 2.75) is 19.3 Å². The third-order valence-electron chi connectivity index (χ3n) is 11.2. The van der Waals surface area contributed by atoms with E-state index < -0.39 is 0 Å². The Morgan fingerprint density at radius 2 is 0.981 bits per heavy atom. The first-order chi connectivity index (χ1) is 26.0. The van der Waals surface area contributed by atoms with Crippen LogP contribution in [0.25, 0.3) is 72.0 Å². The van der Waals surface area contributed by atoms with E-state index in [1.807, 2.05) is 0 Å². The van der Waals surface area contributed by atoms with Gasteiger partial charge in [-0.15, -0.1) is 0 Å². The fourth-order valence-corrected chi connectivity index (χ4v) is 8.47. The number of fused-ring (bicyclic) bond motifs is 6. The highest BCUT2D eigenvalue weighted by atomic mass is 15.0. The molecule has 1 aromatic heterocycles. The number of aromatic nitrogens is 1. The molecule has 2 nitrogen and oxygen atoms in total. The summed E-state index contributed by atoms with van der Waals surface area (Å²) in [6.07, 6.45) is 0. The lowest BCUT2D eigenvalue weighted by atomic mass is 9.82. The van der Waals surface area contributed by atoms with Crippen LogP contribution in [0.4, 0.5) is 11.4 Å². The van der Waals surface area contributed by atoms with Gasteiger partial charge in [0.15, 0.2) is 0 Å². The molecule has 1 aliphatic carbocycles. The summed E-state index contributed by atoms with van der Waals surface area (Å²) < 4.78 is 2.44. The monoisotopic (exact) mass is 678 g/mol. The van der Waals surface area contributed by atoms with Crippen LogP contribution in [-0.4, -0.2) is 4.57 Å². The van der Waals surface area contributed by atoms with Crippen LogP contribution in [0.3, 0.4) is 0 Å². The summed E-state index contributed by atoms with van der Waals surface area (Å²) in [5.74, 6) is 0. The standard InChI is InChI=1S/C51H38N2/c1-51(2)46-21-13-12-20-41(46)43-32-45-44-31-38(25-29-49(44)53(50(45)33-47(43)51)40-18-10-5-11-19-40)37-24-28-48(42(30-37)36-16-8-4-9-17-36)52-39-26-22-35(23-27-39)34-14-6-3-7-15-34/h3-33,52H,1-2H3. The Kier molecular flexibility index (Phi) is 7.19. The van der Waals surface area contributed by atoms with E-state index in [4.69, 9.17) is 0 Å². The average molecular weight is 679 g/mol. The normalized spacial score (nSPS) is 12.9. The van der Waals surface area contributed by atoms with Crippen molar-refractivity contribution in [1.29, 1.82) is 0 Å². The number of rotatable bonds is 6. The molecule has 8 aromatic carbocycles. The zero-order valence-corrected chi connectivity index (χ0v) is 29.8. The van der Waals surface area contributed by atoms with E-state index >= 15 is 0 Å². The lowest BCUT2D eigenvalue weighted by molar-refractivity contribution is 0.661. The van der Waals surface area contributed by atoms with Crippen LogP contribution in [0.1, 0.15) is 25.0 Å². The van der Waals surface area contributed by atoms with Gasteiger partial charge >= 0.3 is 0 Å². The van der Waals surface area contributed by atoms with E-state index in [0.717, 1.165) is 11.4 Å². The molecule has 10 rings (SSSR count). The van der Waals surface area contributed by atoms with E-state index in [0.29, 0.717) is 0 Å². The SMILES string of the molecule is CC1(C)c2ccccc2-c2cc3c4cc(-c5ccc(Nc6ccc(-c7ccccc7)cc6)c(-c6ccccc6)c5)ccc4n(-c4ccccc4)c3cc21. The van der Waals surface area contributed by atoms with Crippen LogP contribution in [0.2, 0.25) is 0 Å². The van der Waals surface area contributed by atoms with Crippen molar-refractivity contribution in [1.82, 2.24) is 4.57 Å². The maximum atomic E-state index is 3.74. The minimum atomic E-state index is -0.0726. The maximum Gasteiger partial charge on any atom is 0.0544 e. The lowest BCUT2D eigenvalue weighted by Crippen LogP contribution is -2.14. The molecular formula is C51H38N2. The summed E-state index contributed by atoms with van der Waals surface area (Å²) in [6.45, 7) is 4.72. The molecule has 0 bridgehead atoms. The minimum absolute atomic E-state index is 0.0726. The molecule has 0 spiro atoms. The number of hydrogen-bond acceptors (Lipinski definition) is 1. The number of anilines is 2. The van der Waals surface area contributed by atoms with Crippen LogP contribution >= 0.6 is 0 Å². The minimum Gasteiger partial charge on any atom is -0.355 e. The smallest absolute Gasteiger partial charge is 0.0544 e. The van der Waals surface area contributed by atoms with Crippen LogP contribution in [0.5, 0.6) is 0 Å². The fourth-order valence-electron chi connectivity index (χ4n) is 8.47. The van der Waals surface area contributed by atoms with Crippen molar-refractivity contribution in [3.63, 3.8) is 0 Å². The molecule has 1 N–H and O–H groups in total. The molecule has 1 heterocycles. The van der Waals surface area contributed by atoms with E-state index in [9.17, 15) is 0 Å². The second-order valence-electron chi connectivity index (χ2n) is 14.7. The van der Waals surface area contributed by atoms with Gasteiger partial charge in [0.25, 0.3) is 0 Å². The quantitative estimate of drug-likeness (QED) is 0.185. The molecule has 0 radical (unpaired) electrons. The highest BCUT2D eigenvalue weighted by Crippen LogP contribution is 2.51. The molecule has 1 aliphatic rings. The predicted molar refractivity (Wildman–Crippen MR) is 224 cm³/mol. The maximum absolute atomic E-state index is 3.74. The first-order valence-corrected chi connectivity index (χ1v) is 18.4. The van der Waals surface area contributed by atoms with Gasteiger partial charge in [0, 0.05) is 38.8 Å². The molecule has 0 amide bonds. The largest absolute Gasteiger partial charge is 0.355 e. The third kappa shape index (κ3) is 5.18. The molecular weight excluding hydrogens is 641 g/mol. The van der Waals surface area contributed by atoms with Gasteiger partial charge in [-0.3, -0.25) is 0 Å². The van der Waals surface area contributed by atoms with Crippen molar-refractivity contribution in [3.05, 3.63) is 199 Å². The molecule has 0 fully saturated rings. The van der Waals surface area contributed by atoms with Gasteiger partial charge in [-0.1, -0.05) is 141 Å². The summed E-state index contributed by atoms with van der Waals surface area (Å²) in [4.78, 5) is 0. The average Bonchev–Trinajstić information content (AvgIpc) is 3.65. The molecule has 0 unspecified atom stereocenters. The summed E-state index contributed by atoms with van der Waals surface area (Å²) in [7, 11) is 0.